The van der Waals surface area contributed by atoms with Gasteiger partial charge in [-0.1, -0.05) is 18.2 Å². The zero-order valence-corrected chi connectivity index (χ0v) is 25.8. The van der Waals surface area contributed by atoms with Crippen molar-refractivity contribution in [2.75, 3.05) is 46.4 Å². The number of hydrogen-bond acceptors (Lipinski definition) is 8. The summed E-state index contributed by atoms with van der Waals surface area (Å²) in [4.78, 5) is 15.2. The molecule has 8 nitrogen and oxygen atoms in total. The smallest absolute Gasteiger partial charge is 0.269 e. The summed E-state index contributed by atoms with van der Waals surface area (Å²) in [6, 6.07) is 11.5. The van der Waals surface area contributed by atoms with Gasteiger partial charge in [0.25, 0.3) is 10.0 Å². The van der Waals surface area contributed by atoms with Gasteiger partial charge in [-0.25, -0.2) is 22.4 Å². The van der Waals surface area contributed by atoms with E-state index in [0.717, 1.165) is 86.7 Å². The summed E-state index contributed by atoms with van der Waals surface area (Å²) >= 11 is 1.61. The van der Waals surface area contributed by atoms with E-state index in [1.165, 1.54) is 22.4 Å². The molecule has 4 aromatic rings. The number of hydrogen-bond donors (Lipinski definition) is 0. The van der Waals surface area contributed by atoms with Crippen molar-refractivity contribution in [3.8, 4) is 10.6 Å². The molecule has 5 heterocycles. The molecule has 7 rings (SSSR count). The molecule has 3 aliphatic rings. The Labute approximate surface area is 252 Å². The first-order valence-corrected chi connectivity index (χ1v) is 17.6. The van der Waals surface area contributed by atoms with Crippen LogP contribution in [0.3, 0.4) is 0 Å². The van der Waals surface area contributed by atoms with Gasteiger partial charge in [-0.15, -0.1) is 11.3 Å². The summed E-state index contributed by atoms with van der Waals surface area (Å²) in [7, 11) is -1.65. The average molecular weight is 606 g/mol. The first-order valence-electron chi connectivity index (χ1n) is 15.2. The normalized spacial score (nSPS) is 23.5. The zero-order valence-electron chi connectivity index (χ0n) is 24.2. The highest BCUT2D eigenvalue weighted by molar-refractivity contribution is 7.90. The molecule has 42 heavy (non-hydrogen) atoms. The Morgan fingerprint density at radius 3 is 2.40 bits per heavy atom. The van der Waals surface area contributed by atoms with Crippen molar-refractivity contribution >= 4 is 32.4 Å². The number of nitrogens with zero attached hydrogens (tertiary/aromatic N) is 5. The number of aromatic nitrogens is 3. The van der Waals surface area contributed by atoms with Gasteiger partial charge in [0.1, 0.15) is 5.01 Å². The lowest BCUT2D eigenvalue weighted by Gasteiger charge is -2.38. The van der Waals surface area contributed by atoms with E-state index in [-0.39, 0.29) is 4.90 Å². The Balaban J connectivity index is 1.24. The minimum atomic E-state index is -3.82. The Morgan fingerprint density at radius 2 is 1.67 bits per heavy atom. The van der Waals surface area contributed by atoms with E-state index in [9.17, 15) is 8.42 Å². The van der Waals surface area contributed by atoms with Crippen molar-refractivity contribution < 1.29 is 13.2 Å². The molecular formula is C32H39N5O3S2. The molecule has 0 N–H and O–H groups in total. The van der Waals surface area contributed by atoms with E-state index in [0.29, 0.717) is 23.5 Å². The van der Waals surface area contributed by atoms with Crippen LogP contribution >= 0.6 is 11.3 Å². The highest BCUT2D eigenvalue weighted by atomic mass is 32.2. The van der Waals surface area contributed by atoms with Crippen molar-refractivity contribution in [1.82, 2.24) is 23.7 Å². The average Bonchev–Trinajstić information content (AvgIpc) is 3.68. The third-order valence-corrected chi connectivity index (χ3v) is 12.1. The second kappa shape index (κ2) is 11.8. The van der Waals surface area contributed by atoms with E-state index in [1.54, 1.807) is 41.8 Å². The van der Waals surface area contributed by atoms with Gasteiger partial charge in [-0.2, -0.15) is 0 Å². The number of likely N-dealkylation sites (tertiary alicyclic amines) is 1. The van der Waals surface area contributed by atoms with Gasteiger partial charge in [0, 0.05) is 53.8 Å². The summed E-state index contributed by atoms with van der Waals surface area (Å²) in [5.41, 5.74) is 3.65. The highest BCUT2D eigenvalue weighted by Crippen LogP contribution is 2.40. The Hall–Kier alpha value is -2.63. The molecule has 0 amide bonds. The maximum Gasteiger partial charge on any atom is 0.269 e. The molecule has 3 aromatic heterocycles. The number of rotatable bonds is 6. The number of thiazole rings is 1. The molecule has 2 saturated heterocycles. The van der Waals surface area contributed by atoms with E-state index in [1.807, 2.05) is 12.3 Å². The Kier molecular flexibility index (Phi) is 7.92. The number of ether oxygens (including phenoxy) is 1. The first-order chi connectivity index (χ1) is 20.5. The molecule has 0 spiro atoms. The van der Waals surface area contributed by atoms with Crippen molar-refractivity contribution in [1.29, 1.82) is 0 Å². The lowest BCUT2D eigenvalue weighted by atomic mass is 9.81. The third kappa shape index (κ3) is 5.43. The fourth-order valence-electron chi connectivity index (χ4n) is 7.00. The molecule has 0 atom stereocenters. The number of benzene rings is 1. The van der Waals surface area contributed by atoms with Gasteiger partial charge in [0.15, 0.2) is 5.65 Å². The van der Waals surface area contributed by atoms with Gasteiger partial charge < -0.3 is 9.64 Å². The summed E-state index contributed by atoms with van der Waals surface area (Å²) in [5.74, 6) is 0.871. The van der Waals surface area contributed by atoms with Crippen LogP contribution in [-0.4, -0.2) is 84.6 Å². The predicted molar refractivity (Wildman–Crippen MR) is 167 cm³/mol. The number of piperidine rings is 1. The first kappa shape index (κ1) is 28.2. The molecule has 0 unspecified atom stereocenters. The molecule has 10 heteroatoms. The van der Waals surface area contributed by atoms with E-state index < -0.39 is 10.0 Å². The van der Waals surface area contributed by atoms with Crippen LogP contribution in [0.25, 0.3) is 21.6 Å². The molecule has 2 aliphatic heterocycles. The monoisotopic (exact) mass is 605 g/mol. The lowest BCUT2D eigenvalue weighted by molar-refractivity contribution is 0.00729. The topological polar surface area (TPSA) is 80.6 Å². The SMILES string of the molecule is CN1CCC(c2csc(-c3cn(S(=O)(=O)c4ccccc4)c4ncc([C@H]5CC[C@H](N6CCOCC6)CC5)cc34)n2)CC1. The summed E-state index contributed by atoms with van der Waals surface area (Å²) in [6.07, 6.45) is 10.4. The molecular weight excluding hydrogens is 567 g/mol. The maximum absolute atomic E-state index is 13.8. The van der Waals surface area contributed by atoms with Crippen LogP contribution < -0.4 is 0 Å². The fraction of sp³-hybridized carbons (Fsp3) is 0.500. The molecule has 1 aliphatic carbocycles. The lowest BCUT2D eigenvalue weighted by Crippen LogP contribution is -2.44. The van der Waals surface area contributed by atoms with Gasteiger partial charge in [-0.3, -0.25) is 4.90 Å². The largest absolute Gasteiger partial charge is 0.379 e. The second-order valence-corrected chi connectivity index (χ2v) is 14.8. The van der Waals surface area contributed by atoms with Crippen LogP contribution in [0.1, 0.15) is 61.6 Å². The van der Waals surface area contributed by atoms with Crippen LogP contribution in [-0.2, 0) is 14.8 Å². The van der Waals surface area contributed by atoms with Crippen molar-refractivity contribution in [3.05, 3.63) is 65.4 Å². The maximum atomic E-state index is 13.8. The standard InChI is InChI=1S/C32H39N5O3S2/c1-35-13-11-24(12-14-35)30-22-41-32(34-30)29-21-37(42(38,39)27-5-3-2-4-6-27)31-28(29)19-25(20-33-31)23-7-9-26(10-8-23)36-15-17-40-18-16-36/h2-6,19-24,26H,7-18H2,1H3/t23-,26-. The zero-order chi connectivity index (χ0) is 28.7. The van der Waals surface area contributed by atoms with Crippen LogP contribution in [0, 0.1) is 0 Å². The third-order valence-electron chi connectivity index (χ3n) is 9.55. The van der Waals surface area contributed by atoms with Gasteiger partial charge in [0.05, 0.1) is 23.8 Å². The molecule has 222 valence electrons. The fourth-order valence-corrected chi connectivity index (χ4v) is 9.27. The van der Waals surface area contributed by atoms with E-state index in [4.69, 9.17) is 14.7 Å². The predicted octanol–water partition coefficient (Wildman–Crippen LogP) is 5.56. The van der Waals surface area contributed by atoms with Gasteiger partial charge in [0.2, 0.25) is 0 Å². The Morgan fingerprint density at radius 1 is 0.929 bits per heavy atom. The van der Waals surface area contributed by atoms with Crippen LogP contribution in [0.4, 0.5) is 0 Å². The summed E-state index contributed by atoms with van der Waals surface area (Å²) < 4.78 is 34.6. The van der Waals surface area contributed by atoms with Crippen LogP contribution in [0.15, 0.2) is 59.1 Å². The molecule has 0 bridgehead atoms. The van der Waals surface area contributed by atoms with Crippen molar-refractivity contribution in [2.24, 2.45) is 0 Å². The van der Waals surface area contributed by atoms with E-state index in [2.05, 4.69) is 28.3 Å². The van der Waals surface area contributed by atoms with Crippen molar-refractivity contribution in [3.63, 3.8) is 0 Å². The number of pyridine rings is 1. The van der Waals surface area contributed by atoms with Crippen LogP contribution in [0.2, 0.25) is 0 Å². The van der Waals surface area contributed by atoms with Gasteiger partial charge in [-0.05, 0) is 88.3 Å². The number of fused-ring (bicyclic) bond motifs is 1. The van der Waals surface area contributed by atoms with E-state index >= 15 is 0 Å². The summed E-state index contributed by atoms with van der Waals surface area (Å²) in [5, 5.41) is 3.90. The molecule has 1 saturated carbocycles. The second-order valence-electron chi connectivity index (χ2n) is 12.1. The Bertz CT molecular complexity index is 1630. The summed E-state index contributed by atoms with van der Waals surface area (Å²) in [6.45, 7) is 5.89. The molecule has 3 fully saturated rings. The van der Waals surface area contributed by atoms with Crippen LogP contribution in [0.5, 0.6) is 0 Å². The molecule has 1 aromatic carbocycles. The van der Waals surface area contributed by atoms with Gasteiger partial charge >= 0.3 is 0 Å². The minimum Gasteiger partial charge on any atom is -0.379 e. The molecule has 0 radical (unpaired) electrons. The van der Waals surface area contributed by atoms with Crippen molar-refractivity contribution in [2.45, 2.75) is 61.3 Å². The number of morpholine rings is 1. The quantitative estimate of drug-likeness (QED) is 0.285. The highest BCUT2D eigenvalue weighted by Gasteiger charge is 2.30. The minimum absolute atomic E-state index is 0.256.